The lowest BCUT2D eigenvalue weighted by Gasteiger charge is -2.36. The molecule has 1 heterocycles. The molecule has 0 atom stereocenters. The number of nitro groups is 1. The van der Waals surface area contributed by atoms with Crippen molar-refractivity contribution in [1.29, 1.82) is 0 Å². The van der Waals surface area contributed by atoms with Gasteiger partial charge < -0.3 is 4.90 Å². The van der Waals surface area contributed by atoms with E-state index in [1.165, 1.54) is 24.3 Å². The molecule has 0 bridgehead atoms. The molecule has 0 aliphatic carbocycles. The largest absolute Gasteiger partial charge is 0.369 e. The molecule has 29 heavy (non-hydrogen) atoms. The van der Waals surface area contributed by atoms with Crippen LogP contribution in [0, 0.1) is 22.9 Å². The van der Waals surface area contributed by atoms with Crippen LogP contribution in [-0.2, 0) is 10.0 Å². The number of halogens is 1. The Morgan fingerprint density at radius 3 is 2.38 bits per heavy atom. The Kier molecular flexibility index (Phi) is 6.46. The quantitative estimate of drug-likeness (QED) is 0.543. The Bertz CT molecular complexity index is 974. The number of piperazine rings is 1. The van der Waals surface area contributed by atoms with Gasteiger partial charge in [0.25, 0.3) is 5.69 Å². The summed E-state index contributed by atoms with van der Waals surface area (Å²) in [6.07, 6.45) is 0. The molecule has 156 valence electrons. The summed E-state index contributed by atoms with van der Waals surface area (Å²) in [5, 5.41) is 10.9. The highest BCUT2D eigenvalue weighted by Gasteiger charge is 2.21. The predicted molar refractivity (Wildman–Crippen MR) is 108 cm³/mol. The lowest BCUT2D eigenvalue weighted by Crippen LogP contribution is -2.48. The topological polar surface area (TPSA) is 95.8 Å². The van der Waals surface area contributed by atoms with E-state index in [-0.39, 0.29) is 22.9 Å². The van der Waals surface area contributed by atoms with Crippen LogP contribution in [0.1, 0.15) is 5.56 Å². The number of hydrogen-bond donors (Lipinski definition) is 1. The van der Waals surface area contributed by atoms with Gasteiger partial charge >= 0.3 is 0 Å². The van der Waals surface area contributed by atoms with Gasteiger partial charge in [0.05, 0.1) is 9.82 Å². The molecule has 1 N–H and O–H groups in total. The molecule has 0 amide bonds. The van der Waals surface area contributed by atoms with Crippen molar-refractivity contribution < 1.29 is 17.7 Å². The van der Waals surface area contributed by atoms with Gasteiger partial charge in [-0.15, -0.1) is 0 Å². The minimum absolute atomic E-state index is 0.0761. The molecular weight excluding hydrogens is 399 g/mol. The first-order valence-corrected chi connectivity index (χ1v) is 10.7. The fourth-order valence-electron chi connectivity index (χ4n) is 3.29. The first kappa shape index (κ1) is 21.2. The number of benzene rings is 2. The fourth-order valence-corrected chi connectivity index (χ4v) is 4.57. The molecular formula is C19H23FN4O4S. The summed E-state index contributed by atoms with van der Waals surface area (Å²) in [5.41, 5.74) is 1.16. The monoisotopic (exact) mass is 422 g/mol. The van der Waals surface area contributed by atoms with Crippen LogP contribution >= 0.6 is 0 Å². The van der Waals surface area contributed by atoms with Gasteiger partial charge in [-0.2, -0.15) is 0 Å². The second-order valence-electron chi connectivity index (χ2n) is 6.91. The molecule has 3 rings (SSSR count). The summed E-state index contributed by atoms with van der Waals surface area (Å²) in [6.45, 7) is 5.40. The first-order valence-electron chi connectivity index (χ1n) is 9.24. The lowest BCUT2D eigenvalue weighted by atomic mass is 10.2. The Morgan fingerprint density at radius 1 is 1.10 bits per heavy atom. The zero-order valence-corrected chi connectivity index (χ0v) is 16.9. The molecule has 10 heteroatoms. The zero-order chi connectivity index (χ0) is 21.0. The highest BCUT2D eigenvalue weighted by Crippen LogP contribution is 2.21. The summed E-state index contributed by atoms with van der Waals surface area (Å²) < 4.78 is 40.7. The highest BCUT2D eigenvalue weighted by molar-refractivity contribution is 7.89. The standard InChI is InChI=1S/C19H23FN4O4S/c1-15-2-5-18(24(25)26)14-19(15)29(27,28)21-8-9-22-10-12-23(13-11-22)17-6-3-16(20)4-7-17/h2-7,14,21H,8-13H2,1H3. The Balaban J connectivity index is 1.52. The zero-order valence-electron chi connectivity index (χ0n) is 16.0. The molecule has 1 fully saturated rings. The van der Waals surface area contributed by atoms with Gasteiger partial charge in [-0.3, -0.25) is 15.0 Å². The van der Waals surface area contributed by atoms with Crippen LogP contribution in [-0.4, -0.2) is 57.5 Å². The van der Waals surface area contributed by atoms with Crippen LogP contribution in [0.15, 0.2) is 47.4 Å². The normalized spacial score (nSPS) is 15.4. The number of rotatable bonds is 7. The van der Waals surface area contributed by atoms with Crippen molar-refractivity contribution in [1.82, 2.24) is 9.62 Å². The molecule has 0 spiro atoms. The van der Waals surface area contributed by atoms with Crippen LogP contribution in [0.25, 0.3) is 0 Å². The Labute approximate surface area is 169 Å². The summed E-state index contributed by atoms with van der Waals surface area (Å²) in [7, 11) is -3.83. The highest BCUT2D eigenvalue weighted by atomic mass is 32.2. The summed E-state index contributed by atoms with van der Waals surface area (Å²) in [4.78, 5) is 14.5. The van der Waals surface area contributed by atoms with Crippen molar-refractivity contribution in [2.45, 2.75) is 11.8 Å². The van der Waals surface area contributed by atoms with Gasteiger partial charge in [-0.25, -0.2) is 17.5 Å². The second-order valence-corrected chi connectivity index (χ2v) is 8.65. The van der Waals surface area contributed by atoms with Crippen LogP contribution in [0.3, 0.4) is 0 Å². The fraction of sp³-hybridized carbons (Fsp3) is 0.368. The van der Waals surface area contributed by atoms with Crippen molar-refractivity contribution >= 4 is 21.4 Å². The number of nitro benzene ring substituents is 1. The van der Waals surface area contributed by atoms with Gasteiger partial charge in [0.15, 0.2) is 0 Å². The average molecular weight is 422 g/mol. The van der Waals surface area contributed by atoms with Gasteiger partial charge in [-0.05, 0) is 36.8 Å². The molecule has 0 radical (unpaired) electrons. The number of nitrogens with one attached hydrogen (secondary N) is 1. The maximum absolute atomic E-state index is 13.0. The number of sulfonamides is 1. The number of anilines is 1. The predicted octanol–water partition coefficient (Wildman–Crippen LogP) is 2.14. The third-order valence-electron chi connectivity index (χ3n) is 4.96. The first-order chi connectivity index (χ1) is 13.8. The molecule has 1 aliphatic rings. The van der Waals surface area contributed by atoms with E-state index in [2.05, 4.69) is 14.5 Å². The van der Waals surface area contributed by atoms with E-state index >= 15 is 0 Å². The molecule has 1 aliphatic heterocycles. The molecule has 8 nitrogen and oxygen atoms in total. The van der Waals surface area contributed by atoms with Crippen LogP contribution in [0.5, 0.6) is 0 Å². The molecule has 0 saturated carbocycles. The lowest BCUT2D eigenvalue weighted by molar-refractivity contribution is -0.385. The summed E-state index contributed by atoms with van der Waals surface area (Å²) >= 11 is 0. The van der Waals surface area contributed by atoms with Crippen molar-refractivity contribution in [3.05, 3.63) is 64.0 Å². The minimum Gasteiger partial charge on any atom is -0.369 e. The van der Waals surface area contributed by atoms with Crippen molar-refractivity contribution in [2.75, 3.05) is 44.2 Å². The van der Waals surface area contributed by atoms with Crippen molar-refractivity contribution in [3.63, 3.8) is 0 Å². The van der Waals surface area contributed by atoms with Gasteiger partial charge in [-0.1, -0.05) is 6.07 Å². The molecule has 0 unspecified atom stereocenters. The smallest absolute Gasteiger partial charge is 0.270 e. The maximum atomic E-state index is 13.0. The van der Waals surface area contributed by atoms with E-state index in [0.29, 0.717) is 12.1 Å². The minimum atomic E-state index is -3.83. The van der Waals surface area contributed by atoms with Crippen molar-refractivity contribution in [3.8, 4) is 0 Å². The van der Waals surface area contributed by atoms with E-state index < -0.39 is 14.9 Å². The van der Waals surface area contributed by atoms with Crippen LogP contribution in [0.4, 0.5) is 15.8 Å². The average Bonchev–Trinajstić information content (AvgIpc) is 2.69. The van der Waals surface area contributed by atoms with Gasteiger partial charge in [0, 0.05) is 57.1 Å². The van der Waals surface area contributed by atoms with E-state index in [0.717, 1.165) is 37.9 Å². The summed E-state index contributed by atoms with van der Waals surface area (Å²) in [5.74, 6) is -0.265. The van der Waals surface area contributed by atoms with Crippen LogP contribution < -0.4 is 9.62 Å². The number of hydrogen-bond acceptors (Lipinski definition) is 6. The molecule has 2 aromatic carbocycles. The molecule has 1 saturated heterocycles. The number of nitrogens with zero attached hydrogens (tertiary/aromatic N) is 3. The third-order valence-corrected chi connectivity index (χ3v) is 6.56. The molecule has 2 aromatic rings. The van der Waals surface area contributed by atoms with E-state index in [1.807, 2.05) is 0 Å². The maximum Gasteiger partial charge on any atom is 0.270 e. The number of non-ortho nitro benzene ring substituents is 1. The second kappa shape index (κ2) is 8.85. The van der Waals surface area contributed by atoms with Crippen molar-refractivity contribution in [2.24, 2.45) is 0 Å². The number of aryl methyl sites for hydroxylation is 1. The molecule has 0 aromatic heterocycles. The van der Waals surface area contributed by atoms with E-state index in [1.54, 1.807) is 19.1 Å². The summed E-state index contributed by atoms with van der Waals surface area (Å²) in [6, 6.07) is 10.2. The SMILES string of the molecule is Cc1ccc([N+](=O)[O-])cc1S(=O)(=O)NCCN1CCN(c2ccc(F)cc2)CC1. The van der Waals surface area contributed by atoms with E-state index in [9.17, 15) is 22.9 Å². The third kappa shape index (κ3) is 5.28. The Hall–Kier alpha value is -2.56. The Morgan fingerprint density at radius 2 is 1.76 bits per heavy atom. The van der Waals surface area contributed by atoms with Gasteiger partial charge in [0.2, 0.25) is 10.0 Å². The van der Waals surface area contributed by atoms with Crippen LogP contribution in [0.2, 0.25) is 0 Å². The van der Waals surface area contributed by atoms with E-state index in [4.69, 9.17) is 0 Å². The van der Waals surface area contributed by atoms with Gasteiger partial charge in [0.1, 0.15) is 5.82 Å².